The fourth-order valence-corrected chi connectivity index (χ4v) is 11.9. The minimum Gasteiger partial charge on any atom is -0.462 e. The summed E-state index contributed by atoms with van der Waals surface area (Å²) in [6.45, 7) is 3.71. The highest BCUT2D eigenvalue weighted by atomic mass is 31.2. The van der Waals surface area contributed by atoms with Crippen LogP contribution < -0.4 is 5.73 Å². The van der Waals surface area contributed by atoms with Crippen molar-refractivity contribution in [3.05, 3.63) is 48.6 Å². The first kappa shape index (κ1) is 82.0. The van der Waals surface area contributed by atoms with Gasteiger partial charge in [0.1, 0.15) is 6.61 Å². The molecule has 0 aromatic carbocycles. The monoisotopic (exact) mass is 1200 g/mol. The average molecular weight is 1200 g/mol. The second-order valence-corrected chi connectivity index (χ2v) is 26.2. The standard InChI is InChI=1S/C74H140NO8P/c1-3-5-7-9-11-13-15-17-19-21-23-25-27-29-31-33-34-35-36-37-39-40-42-44-46-48-50-52-54-56-58-60-62-64-66-73(76)80-70-72(71-82-84(78,79)81-69-68-75)83-74(77)67-65-63-61-59-57-55-53-51-49-47-45-43-41-38-32-30-28-26-24-22-20-18-16-14-12-10-8-6-4-2/h6,8,12,14,18,20,24,26,72H,3-5,7,9-11,13,15-17,19,21-23,25,27-71,75H2,1-2H3,(H,78,79)/b8-6-,14-12-,20-18-,26-24-. The Hall–Kier alpha value is -2.03. The zero-order valence-electron chi connectivity index (χ0n) is 55.7. The first-order valence-corrected chi connectivity index (χ1v) is 38.1. The van der Waals surface area contributed by atoms with Gasteiger partial charge in [-0.1, -0.05) is 364 Å². The Labute approximate surface area is 521 Å². The van der Waals surface area contributed by atoms with Crippen LogP contribution in [0, 0.1) is 0 Å². The molecule has 0 fully saturated rings. The van der Waals surface area contributed by atoms with E-state index >= 15 is 0 Å². The number of phosphoric ester groups is 1. The summed E-state index contributed by atoms with van der Waals surface area (Å²) in [6.07, 6.45) is 89.4. The van der Waals surface area contributed by atoms with Crippen LogP contribution in [0.25, 0.3) is 0 Å². The zero-order chi connectivity index (χ0) is 60.9. The van der Waals surface area contributed by atoms with E-state index in [0.717, 1.165) is 64.2 Å². The molecule has 0 saturated heterocycles. The Bertz CT molecular complexity index is 1520. The van der Waals surface area contributed by atoms with E-state index in [2.05, 4.69) is 62.5 Å². The molecule has 0 aromatic rings. The predicted molar refractivity (Wildman–Crippen MR) is 363 cm³/mol. The Morgan fingerprint density at radius 2 is 0.655 bits per heavy atom. The molecular weight excluding hydrogens is 1060 g/mol. The molecule has 0 aliphatic rings. The Balaban J connectivity index is 3.79. The zero-order valence-corrected chi connectivity index (χ0v) is 56.6. The molecule has 0 spiro atoms. The molecule has 3 N–H and O–H groups in total. The maximum absolute atomic E-state index is 12.8. The van der Waals surface area contributed by atoms with Gasteiger partial charge in [0, 0.05) is 19.4 Å². The van der Waals surface area contributed by atoms with Crippen molar-refractivity contribution in [2.24, 2.45) is 5.73 Å². The van der Waals surface area contributed by atoms with Crippen LogP contribution in [-0.2, 0) is 32.7 Å². The number of hydrogen-bond donors (Lipinski definition) is 2. The first-order valence-electron chi connectivity index (χ1n) is 36.6. The van der Waals surface area contributed by atoms with E-state index in [1.165, 1.54) is 283 Å². The van der Waals surface area contributed by atoms with Gasteiger partial charge in [-0.15, -0.1) is 0 Å². The number of unbranched alkanes of at least 4 members (excludes halogenated alkanes) is 49. The summed E-state index contributed by atoms with van der Waals surface area (Å²) >= 11 is 0. The van der Waals surface area contributed by atoms with E-state index in [-0.39, 0.29) is 38.6 Å². The molecule has 9 nitrogen and oxygen atoms in total. The second-order valence-electron chi connectivity index (χ2n) is 24.8. The molecule has 0 bridgehead atoms. The van der Waals surface area contributed by atoms with Crippen molar-refractivity contribution in [3.8, 4) is 0 Å². The summed E-state index contributed by atoms with van der Waals surface area (Å²) in [5.41, 5.74) is 5.41. The lowest BCUT2D eigenvalue weighted by molar-refractivity contribution is -0.161. The highest BCUT2D eigenvalue weighted by Crippen LogP contribution is 2.43. The van der Waals surface area contributed by atoms with Crippen molar-refractivity contribution >= 4 is 19.8 Å². The van der Waals surface area contributed by atoms with Crippen molar-refractivity contribution < 1.29 is 37.6 Å². The van der Waals surface area contributed by atoms with Crippen molar-refractivity contribution in [2.45, 2.75) is 386 Å². The number of ether oxygens (including phenoxy) is 2. The van der Waals surface area contributed by atoms with Gasteiger partial charge in [0.2, 0.25) is 0 Å². The molecule has 2 atom stereocenters. The van der Waals surface area contributed by atoms with E-state index < -0.39 is 26.5 Å². The Morgan fingerprint density at radius 1 is 0.369 bits per heavy atom. The van der Waals surface area contributed by atoms with Gasteiger partial charge in [-0.3, -0.25) is 18.6 Å². The summed E-state index contributed by atoms with van der Waals surface area (Å²) in [5, 5.41) is 0. The molecular formula is C74H140NO8P. The number of allylic oxidation sites excluding steroid dienone is 8. The molecule has 10 heteroatoms. The minimum absolute atomic E-state index is 0.0551. The van der Waals surface area contributed by atoms with Crippen LogP contribution in [0.15, 0.2) is 48.6 Å². The molecule has 0 amide bonds. The lowest BCUT2D eigenvalue weighted by Gasteiger charge is -2.19. The number of carbonyl (C=O) groups excluding carboxylic acids is 2. The van der Waals surface area contributed by atoms with Gasteiger partial charge in [-0.25, -0.2) is 4.57 Å². The van der Waals surface area contributed by atoms with Crippen molar-refractivity contribution in [1.29, 1.82) is 0 Å². The van der Waals surface area contributed by atoms with Crippen molar-refractivity contribution in [1.82, 2.24) is 0 Å². The Kier molecular flexibility index (Phi) is 68.4. The molecule has 0 aromatic heterocycles. The molecule has 0 radical (unpaired) electrons. The third kappa shape index (κ3) is 69.1. The van der Waals surface area contributed by atoms with Crippen LogP contribution in [0.5, 0.6) is 0 Å². The summed E-state index contributed by atoms with van der Waals surface area (Å²) in [5.74, 6) is -0.807. The van der Waals surface area contributed by atoms with Crippen LogP contribution >= 0.6 is 7.82 Å². The molecule has 494 valence electrons. The largest absolute Gasteiger partial charge is 0.472 e. The number of hydrogen-bond acceptors (Lipinski definition) is 8. The summed E-state index contributed by atoms with van der Waals surface area (Å²) in [4.78, 5) is 35.4. The molecule has 0 saturated carbocycles. The van der Waals surface area contributed by atoms with Crippen LogP contribution in [0.2, 0.25) is 0 Å². The first-order chi connectivity index (χ1) is 41.3. The highest BCUT2D eigenvalue weighted by molar-refractivity contribution is 7.47. The Morgan fingerprint density at radius 3 is 0.976 bits per heavy atom. The molecule has 0 heterocycles. The van der Waals surface area contributed by atoms with E-state index in [0.29, 0.717) is 6.42 Å². The van der Waals surface area contributed by atoms with Crippen molar-refractivity contribution in [2.75, 3.05) is 26.4 Å². The van der Waals surface area contributed by atoms with E-state index in [1.807, 2.05) is 0 Å². The van der Waals surface area contributed by atoms with Gasteiger partial charge in [-0.05, 0) is 51.4 Å². The van der Waals surface area contributed by atoms with Crippen LogP contribution in [0.3, 0.4) is 0 Å². The second kappa shape index (κ2) is 70.1. The molecule has 84 heavy (non-hydrogen) atoms. The topological polar surface area (TPSA) is 134 Å². The number of phosphoric acid groups is 1. The lowest BCUT2D eigenvalue weighted by Crippen LogP contribution is -2.29. The maximum atomic E-state index is 12.8. The molecule has 2 unspecified atom stereocenters. The summed E-state index contributed by atoms with van der Waals surface area (Å²) in [7, 11) is -4.39. The summed E-state index contributed by atoms with van der Waals surface area (Å²) in [6, 6.07) is 0. The van der Waals surface area contributed by atoms with Gasteiger partial charge < -0.3 is 20.1 Å². The lowest BCUT2D eigenvalue weighted by atomic mass is 10.0. The number of carbonyl (C=O) groups is 2. The number of nitrogens with two attached hydrogens (primary N) is 1. The fraction of sp³-hybridized carbons (Fsp3) is 0.865. The highest BCUT2D eigenvalue weighted by Gasteiger charge is 2.26. The van der Waals surface area contributed by atoms with Gasteiger partial charge in [0.05, 0.1) is 13.2 Å². The minimum atomic E-state index is -4.39. The average Bonchev–Trinajstić information content (AvgIpc) is 3.58. The van der Waals surface area contributed by atoms with Gasteiger partial charge >= 0.3 is 19.8 Å². The number of esters is 2. The van der Waals surface area contributed by atoms with E-state index in [4.69, 9.17) is 24.3 Å². The number of rotatable bonds is 70. The SMILES string of the molecule is CC/C=C\C/C=C\C/C=C\C/C=C\CCCCCCCCCCCCCCCCCCC(=O)OC(COC(=O)CCCCCCCCCCCCCCCCCCCCCCCCCCCCCCCCCCCC)COP(=O)(O)OCCN. The predicted octanol–water partition coefficient (Wildman–Crippen LogP) is 24.0. The van der Waals surface area contributed by atoms with Crippen LogP contribution in [-0.4, -0.2) is 49.3 Å². The van der Waals surface area contributed by atoms with E-state index in [9.17, 15) is 19.0 Å². The molecule has 0 aliphatic carbocycles. The third-order valence-electron chi connectivity index (χ3n) is 16.5. The molecule has 0 aliphatic heterocycles. The fourth-order valence-electron chi connectivity index (χ4n) is 11.1. The van der Waals surface area contributed by atoms with E-state index in [1.54, 1.807) is 0 Å². The maximum Gasteiger partial charge on any atom is 0.472 e. The van der Waals surface area contributed by atoms with Gasteiger partial charge in [0.15, 0.2) is 6.10 Å². The van der Waals surface area contributed by atoms with Gasteiger partial charge in [-0.2, -0.15) is 0 Å². The smallest absolute Gasteiger partial charge is 0.462 e. The third-order valence-corrected chi connectivity index (χ3v) is 17.5. The molecule has 0 rings (SSSR count). The van der Waals surface area contributed by atoms with Crippen LogP contribution in [0.1, 0.15) is 380 Å². The van der Waals surface area contributed by atoms with Crippen LogP contribution in [0.4, 0.5) is 0 Å². The van der Waals surface area contributed by atoms with Gasteiger partial charge in [0.25, 0.3) is 0 Å². The summed E-state index contributed by atoms with van der Waals surface area (Å²) < 4.78 is 33.2. The quantitative estimate of drug-likeness (QED) is 0.0264. The van der Waals surface area contributed by atoms with Crippen molar-refractivity contribution in [3.63, 3.8) is 0 Å². The normalized spacial score (nSPS) is 13.1.